The van der Waals surface area contributed by atoms with Crippen LogP contribution in [0.4, 0.5) is 4.79 Å². The number of carbonyl (C=O) groups excluding carboxylic acids is 1. The van der Waals surface area contributed by atoms with Gasteiger partial charge in [-0.3, -0.25) is 0 Å². The Labute approximate surface area is 116 Å². The van der Waals surface area contributed by atoms with Crippen LogP contribution in [0.15, 0.2) is 18.2 Å². The van der Waals surface area contributed by atoms with Crippen LogP contribution in [0.5, 0.6) is 11.5 Å². The van der Waals surface area contributed by atoms with Crippen LogP contribution >= 0.6 is 0 Å². The van der Waals surface area contributed by atoms with Crippen molar-refractivity contribution in [1.82, 2.24) is 5.32 Å². The Morgan fingerprint density at radius 2 is 1.85 bits per heavy atom. The summed E-state index contributed by atoms with van der Waals surface area (Å²) >= 11 is 0. The van der Waals surface area contributed by atoms with E-state index in [1.165, 1.54) is 21.3 Å². The number of carbonyl (C=O) groups is 2. The molecule has 1 rings (SSSR count). The van der Waals surface area contributed by atoms with E-state index in [0.717, 1.165) is 0 Å². The molecule has 110 valence electrons. The van der Waals surface area contributed by atoms with E-state index < -0.39 is 18.1 Å². The van der Waals surface area contributed by atoms with Crippen molar-refractivity contribution in [3.05, 3.63) is 23.8 Å². The van der Waals surface area contributed by atoms with Crippen LogP contribution in [-0.4, -0.2) is 44.5 Å². The molecule has 7 nitrogen and oxygen atoms in total. The summed E-state index contributed by atoms with van der Waals surface area (Å²) in [7, 11) is 4.17. The van der Waals surface area contributed by atoms with Crippen molar-refractivity contribution in [1.29, 1.82) is 0 Å². The Balaban J connectivity index is 2.88. The molecule has 0 radical (unpaired) electrons. The number of aliphatic carboxylic acids is 1. The fraction of sp³-hybridized carbons (Fsp3) is 0.385. The summed E-state index contributed by atoms with van der Waals surface area (Å²) in [6.45, 7) is 0. The first kappa shape index (κ1) is 15.6. The van der Waals surface area contributed by atoms with Gasteiger partial charge in [0.05, 0.1) is 21.3 Å². The van der Waals surface area contributed by atoms with E-state index in [9.17, 15) is 9.59 Å². The number of carboxylic acids is 1. The number of ether oxygens (including phenoxy) is 3. The van der Waals surface area contributed by atoms with Crippen LogP contribution in [0.1, 0.15) is 5.56 Å². The van der Waals surface area contributed by atoms with Gasteiger partial charge in [0.1, 0.15) is 6.04 Å². The van der Waals surface area contributed by atoms with Crippen molar-refractivity contribution < 1.29 is 28.9 Å². The van der Waals surface area contributed by atoms with Gasteiger partial charge < -0.3 is 24.6 Å². The Kier molecular flexibility index (Phi) is 5.64. The predicted octanol–water partition coefficient (Wildman–Crippen LogP) is 1.06. The molecule has 0 saturated heterocycles. The van der Waals surface area contributed by atoms with Crippen LogP contribution in [0, 0.1) is 0 Å². The molecule has 0 unspecified atom stereocenters. The standard InChI is InChI=1S/C13H17NO6/c1-18-10-5-4-8(7-11(10)19-2)6-9(12(15)16)14-13(17)20-3/h4-5,7,9H,6H2,1-3H3,(H,14,17)(H,15,16)/t9-/m0/s1. The van der Waals surface area contributed by atoms with E-state index >= 15 is 0 Å². The van der Waals surface area contributed by atoms with Gasteiger partial charge in [-0.1, -0.05) is 6.07 Å². The van der Waals surface area contributed by atoms with Gasteiger partial charge in [0.15, 0.2) is 11.5 Å². The van der Waals surface area contributed by atoms with Crippen molar-refractivity contribution in [3.63, 3.8) is 0 Å². The summed E-state index contributed by atoms with van der Waals surface area (Å²) in [5.41, 5.74) is 0.687. The van der Waals surface area contributed by atoms with Gasteiger partial charge in [0.2, 0.25) is 0 Å². The zero-order valence-corrected chi connectivity index (χ0v) is 11.5. The lowest BCUT2D eigenvalue weighted by Gasteiger charge is -2.15. The number of carboxylic acid groups (broad SMARTS) is 1. The molecular weight excluding hydrogens is 266 g/mol. The number of benzene rings is 1. The Morgan fingerprint density at radius 3 is 2.35 bits per heavy atom. The molecule has 1 aromatic rings. The zero-order chi connectivity index (χ0) is 15.1. The molecule has 2 N–H and O–H groups in total. The minimum atomic E-state index is -1.15. The van der Waals surface area contributed by atoms with E-state index in [4.69, 9.17) is 14.6 Å². The molecule has 1 amide bonds. The van der Waals surface area contributed by atoms with Gasteiger partial charge in [-0.05, 0) is 17.7 Å². The first-order valence-corrected chi connectivity index (χ1v) is 5.80. The maximum Gasteiger partial charge on any atom is 0.407 e. The lowest BCUT2D eigenvalue weighted by Crippen LogP contribution is -2.42. The molecule has 0 aliphatic heterocycles. The van der Waals surface area contributed by atoms with E-state index in [1.54, 1.807) is 18.2 Å². The second-order valence-electron chi connectivity index (χ2n) is 3.92. The molecule has 20 heavy (non-hydrogen) atoms. The number of hydrogen-bond acceptors (Lipinski definition) is 5. The third kappa shape index (κ3) is 4.04. The average Bonchev–Trinajstić information content (AvgIpc) is 2.45. The van der Waals surface area contributed by atoms with Crippen molar-refractivity contribution in [2.45, 2.75) is 12.5 Å². The summed E-state index contributed by atoms with van der Waals surface area (Å²) in [4.78, 5) is 22.2. The number of hydrogen-bond donors (Lipinski definition) is 2. The molecule has 0 aliphatic carbocycles. The maximum atomic E-state index is 11.1. The SMILES string of the molecule is COC(=O)N[C@@H](Cc1ccc(OC)c(OC)c1)C(=O)O. The fourth-order valence-corrected chi connectivity index (χ4v) is 1.64. The normalized spacial score (nSPS) is 11.3. The first-order valence-electron chi connectivity index (χ1n) is 5.80. The van der Waals surface area contributed by atoms with Crippen LogP contribution < -0.4 is 14.8 Å². The first-order chi connectivity index (χ1) is 9.51. The van der Waals surface area contributed by atoms with E-state index in [1.807, 2.05) is 0 Å². The van der Waals surface area contributed by atoms with Gasteiger partial charge >= 0.3 is 12.1 Å². The summed E-state index contributed by atoms with van der Waals surface area (Å²) in [5, 5.41) is 11.3. The lowest BCUT2D eigenvalue weighted by atomic mass is 10.1. The van der Waals surface area contributed by atoms with E-state index in [-0.39, 0.29) is 6.42 Å². The highest BCUT2D eigenvalue weighted by molar-refractivity contribution is 5.80. The molecule has 0 heterocycles. The Morgan fingerprint density at radius 1 is 1.20 bits per heavy atom. The Bertz CT molecular complexity index is 488. The molecule has 1 aromatic carbocycles. The number of alkyl carbamates (subject to hydrolysis) is 1. The zero-order valence-electron chi connectivity index (χ0n) is 11.5. The second kappa shape index (κ2) is 7.22. The van der Waals surface area contributed by atoms with Crippen LogP contribution in [-0.2, 0) is 16.0 Å². The third-order valence-electron chi connectivity index (χ3n) is 2.66. The summed E-state index contributed by atoms with van der Waals surface area (Å²) in [5.74, 6) is -0.110. The number of rotatable bonds is 6. The monoisotopic (exact) mass is 283 g/mol. The molecule has 0 bridgehead atoms. The number of nitrogens with one attached hydrogen (secondary N) is 1. The molecule has 0 spiro atoms. The molecule has 0 aromatic heterocycles. The average molecular weight is 283 g/mol. The van der Waals surface area contributed by atoms with E-state index in [0.29, 0.717) is 17.1 Å². The highest BCUT2D eigenvalue weighted by Gasteiger charge is 2.21. The van der Waals surface area contributed by atoms with Gasteiger partial charge in [-0.2, -0.15) is 0 Å². The molecular formula is C13H17NO6. The molecule has 7 heteroatoms. The minimum absolute atomic E-state index is 0.102. The summed E-state index contributed by atoms with van der Waals surface area (Å²) < 4.78 is 14.6. The molecule has 0 fully saturated rings. The highest BCUT2D eigenvalue weighted by atomic mass is 16.5. The molecule has 0 saturated carbocycles. The maximum absolute atomic E-state index is 11.1. The Hall–Kier alpha value is -2.44. The van der Waals surface area contributed by atoms with Crippen LogP contribution in [0.3, 0.4) is 0 Å². The van der Waals surface area contributed by atoms with Crippen molar-refractivity contribution in [3.8, 4) is 11.5 Å². The number of amides is 1. The van der Waals surface area contributed by atoms with Gasteiger partial charge in [0.25, 0.3) is 0 Å². The molecule has 0 aliphatic rings. The summed E-state index contributed by atoms with van der Waals surface area (Å²) in [6, 6.07) is 3.95. The van der Waals surface area contributed by atoms with Crippen LogP contribution in [0.25, 0.3) is 0 Å². The fourth-order valence-electron chi connectivity index (χ4n) is 1.64. The lowest BCUT2D eigenvalue weighted by molar-refractivity contribution is -0.139. The van der Waals surface area contributed by atoms with Crippen LogP contribution in [0.2, 0.25) is 0 Å². The minimum Gasteiger partial charge on any atom is -0.493 e. The quantitative estimate of drug-likeness (QED) is 0.810. The largest absolute Gasteiger partial charge is 0.493 e. The smallest absolute Gasteiger partial charge is 0.407 e. The second-order valence-corrected chi connectivity index (χ2v) is 3.92. The van der Waals surface area contributed by atoms with Crippen molar-refractivity contribution >= 4 is 12.1 Å². The third-order valence-corrected chi connectivity index (χ3v) is 2.66. The van der Waals surface area contributed by atoms with Crippen molar-refractivity contribution in [2.24, 2.45) is 0 Å². The predicted molar refractivity (Wildman–Crippen MR) is 70.2 cm³/mol. The van der Waals surface area contributed by atoms with E-state index in [2.05, 4.69) is 10.1 Å². The summed E-state index contributed by atoms with van der Waals surface area (Å²) in [6.07, 6.45) is -0.692. The van der Waals surface area contributed by atoms with Crippen molar-refractivity contribution in [2.75, 3.05) is 21.3 Å². The number of methoxy groups -OCH3 is 3. The van der Waals surface area contributed by atoms with Gasteiger partial charge in [-0.25, -0.2) is 9.59 Å². The van der Waals surface area contributed by atoms with Gasteiger partial charge in [0, 0.05) is 6.42 Å². The molecule has 1 atom stereocenters. The topological polar surface area (TPSA) is 94.1 Å². The highest BCUT2D eigenvalue weighted by Crippen LogP contribution is 2.27. The van der Waals surface area contributed by atoms with Gasteiger partial charge in [-0.15, -0.1) is 0 Å².